The summed E-state index contributed by atoms with van der Waals surface area (Å²) < 4.78 is 8.92. The number of furan rings is 1. The topological polar surface area (TPSA) is 95.0 Å². The first-order chi connectivity index (χ1) is 13.9. The van der Waals surface area contributed by atoms with E-state index in [1.165, 1.54) is 4.68 Å². The number of pyridine rings is 1. The monoisotopic (exact) mass is 393 g/mol. The van der Waals surface area contributed by atoms with Crippen molar-refractivity contribution < 1.29 is 9.21 Å². The third-order valence-corrected chi connectivity index (χ3v) is 4.92. The molecule has 0 fully saturated rings. The molecule has 1 N–H and O–H groups in total. The molecule has 1 amide bonds. The van der Waals surface area contributed by atoms with Gasteiger partial charge in [-0.25, -0.2) is 4.68 Å². The molecule has 0 aromatic carbocycles. The Bertz CT molecular complexity index is 1250. The molecule has 0 aliphatic rings. The maximum Gasteiger partial charge on any atom is 0.291 e. The third kappa shape index (κ3) is 3.30. The van der Waals surface area contributed by atoms with Crippen LogP contribution >= 0.6 is 0 Å². The van der Waals surface area contributed by atoms with Crippen LogP contribution in [0.15, 0.2) is 45.9 Å². The number of rotatable bonds is 5. The van der Waals surface area contributed by atoms with Crippen LogP contribution in [0, 0.1) is 6.92 Å². The molecule has 8 nitrogen and oxygen atoms in total. The van der Waals surface area contributed by atoms with Crippen molar-refractivity contribution in [2.24, 2.45) is 0 Å². The fourth-order valence-corrected chi connectivity index (χ4v) is 3.65. The molecule has 0 radical (unpaired) electrons. The third-order valence-electron chi connectivity index (χ3n) is 4.92. The Morgan fingerprint density at radius 3 is 2.76 bits per heavy atom. The van der Waals surface area contributed by atoms with E-state index in [1.54, 1.807) is 12.4 Å². The quantitative estimate of drug-likeness (QED) is 0.562. The number of hydrogen-bond acceptors (Lipinski definition) is 5. The van der Waals surface area contributed by atoms with Gasteiger partial charge in [0.05, 0.1) is 28.8 Å². The number of aromatic nitrogens is 4. The zero-order valence-corrected chi connectivity index (χ0v) is 16.8. The smallest absolute Gasteiger partial charge is 0.291 e. The van der Waals surface area contributed by atoms with Gasteiger partial charge in [0, 0.05) is 18.3 Å². The van der Waals surface area contributed by atoms with Gasteiger partial charge in [-0.05, 0) is 39.8 Å². The summed E-state index contributed by atoms with van der Waals surface area (Å²) in [5, 5.41) is 7.73. The van der Waals surface area contributed by atoms with Crippen molar-refractivity contribution in [1.82, 2.24) is 24.6 Å². The molecule has 4 aromatic heterocycles. The highest BCUT2D eigenvalue weighted by Gasteiger charge is 2.21. The zero-order valence-electron chi connectivity index (χ0n) is 16.8. The summed E-state index contributed by atoms with van der Waals surface area (Å²) in [5.74, 6) is 0.470. The number of carbonyl (C=O) groups is 1. The molecule has 0 unspecified atom stereocenters. The Kier molecular flexibility index (Phi) is 4.70. The molecular weight excluding hydrogens is 370 g/mol. The number of aryl methyl sites for hydroxylation is 1. The van der Waals surface area contributed by atoms with Crippen molar-refractivity contribution in [3.05, 3.63) is 58.5 Å². The van der Waals surface area contributed by atoms with E-state index in [2.05, 4.69) is 15.4 Å². The van der Waals surface area contributed by atoms with Gasteiger partial charge in [0.2, 0.25) is 5.91 Å². The minimum atomic E-state index is -0.319. The highest BCUT2D eigenvalue weighted by molar-refractivity contribution is 6.04. The summed E-state index contributed by atoms with van der Waals surface area (Å²) in [6.07, 6.45) is 3.27. The summed E-state index contributed by atoms with van der Waals surface area (Å²) in [4.78, 5) is 29.9. The van der Waals surface area contributed by atoms with E-state index in [-0.39, 0.29) is 30.1 Å². The lowest BCUT2D eigenvalue weighted by molar-refractivity contribution is -0.122. The Morgan fingerprint density at radius 2 is 2.07 bits per heavy atom. The van der Waals surface area contributed by atoms with Crippen molar-refractivity contribution in [3.8, 4) is 0 Å². The van der Waals surface area contributed by atoms with E-state index in [0.29, 0.717) is 16.5 Å². The largest absolute Gasteiger partial charge is 0.459 e. The minimum Gasteiger partial charge on any atom is -0.459 e. The van der Waals surface area contributed by atoms with Gasteiger partial charge in [-0.15, -0.1) is 0 Å². The zero-order chi connectivity index (χ0) is 20.7. The molecule has 0 saturated carbocycles. The summed E-state index contributed by atoms with van der Waals surface area (Å²) in [7, 11) is 0. The second-order valence-corrected chi connectivity index (χ2v) is 7.45. The highest BCUT2D eigenvalue weighted by atomic mass is 16.3. The predicted octanol–water partition coefficient (Wildman–Crippen LogP) is 3.11. The van der Waals surface area contributed by atoms with E-state index in [9.17, 15) is 9.59 Å². The fraction of sp³-hybridized carbons (Fsp3) is 0.333. The van der Waals surface area contributed by atoms with E-state index < -0.39 is 0 Å². The van der Waals surface area contributed by atoms with Crippen LogP contribution in [0.2, 0.25) is 0 Å². The molecule has 8 heteroatoms. The van der Waals surface area contributed by atoms with Gasteiger partial charge in [-0.1, -0.05) is 6.07 Å². The van der Waals surface area contributed by atoms with E-state index in [4.69, 9.17) is 4.42 Å². The average molecular weight is 393 g/mol. The van der Waals surface area contributed by atoms with Gasteiger partial charge in [0.1, 0.15) is 17.8 Å². The first-order valence-electron chi connectivity index (χ1n) is 9.57. The van der Waals surface area contributed by atoms with Gasteiger partial charge in [-0.3, -0.25) is 14.6 Å². The molecule has 0 aliphatic heterocycles. The van der Waals surface area contributed by atoms with Crippen molar-refractivity contribution in [3.63, 3.8) is 0 Å². The first-order valence-corrected chi connectivity index (χ1v) is 9.57. The van der Waals surface area contributed by atoms with Crippen LogP contribution in [0.3, 0.4) is 0 Å². The molecule has 0 saturated heterocycles. The predicted molar refractivity (Wildman–Crippen MR) is 110 cm³/mol. The first kappa shape index (κ1) is 18.9. The van der Waals surface area contributed by atoms with Crippen molar-refractivity contribution >= 4 is 27.9 Å². The lowest BCUT2D eigenvalue weighted by Gasteiger charge is -2.14. The number of hydrogen-bond donors (Lipinski definition) is 1. The Morgan fingerprint density at radius 1 is 1.28 bits per heavy atom. The highest BCUT2D eigenvalue weighted by Crippen LogP contribution is 2.31. The summed E-state index contributed by atoms with van der Waals surface area (Å²) >= 11 is 0. The molecule has 0 aliphatic carbocycles. The van der Waals surface area contributed by atoms with Crippen LogP contribution in [-0.4, -0.2) is 25.2 Å². The van der Waals surface area contributed by atoms with Crippen LogP contribution in [0.25, 0.3) is 22.0 Å². The van der Waals surface area contributed by atoms with Crippen molar-refractivity contribution in [2.45, 2.75) is 46.3 Å². The average Bonchev–Trinajstić information content (AvgIpc) is 3.19. The van der Waals surface area contributed by atoms with Gasteiger partial charge < -0.3 is 14.3 Å². The van der Waals surface area contributed by atoms with Crippen LogP contribution in [0.5, 0.6) is 0 Å². The normalized spacial score (nSPS) is 12.7. The van der Waals surface area contributed by atoms with Crippen LogP contribution in [-0.2, 0) is 11.3 Å². The molecule has 1 atom stereocenters. The number of amides is 1. The summed E-state index contributed by atoms with van der Waals surface area (Å²) in [6, 6.07) is 7.22. The van der Waals surface area contributed by atoms with Crippen molar-refractivity contribution in [1.29, 1.82) is 0 Å². The second-order valence-electron chi connectivity index (χ2n) is 7.45. The van der Waals surface area contributed by atoms with Gasteiger partial charge in [0.15, 0.2) is 5.58 Å². The van der Waals surface area contributed by atoms with Crippen LogP contribution in [0.4, 0.5) is 0 Å². The second kappa shape index (κ2) is 7.20. The molecule has 4 rings (SSSR count). The molecule has 0 bridgehead atoms. The number of nitrogens with zero attached hydrogens (tertiary/aromatic N) is 4. The number of carbonyl (C=O) groups excluding carboxylic acids is 1. The SMILES string of the molecule is Cc1cc2c(o1)c1cnn(CC(=O)N[C@H](C)c3ccccn3)c(=O)c1n2C(C)C. The number of fused-ring (bicyclic) bond motifs is 3. The van der Waals surface area contributed by atoms with E-state index in [1.807, 2.05) is 56.5 Å². The maximum absolute atomic E-state index is 13.1. The lowest BCUT2D eigenvalue weighted by Crippen LogP contribution is -2.35. The Labute approximate surface area is 167 Å². The van der Waals surface area contributed by atoms with Gasteiger partial charge in [0.25, 0.3) is 5.56 Å². The molecular formula is C21H23N5O3. The number of nitrogens with one attached hydrogen (secondary N) is 1. The molecule has 29 heavy (non-hydrogen) atoms. The van der Waals surface area contributed by atoms with Crippen LogP contribution < -0.4 is 10.9 Å². The van der Waals surface area contributed by atoms with Gasteiger partial charge in [-0.2, -0.15) is 5.10 Å². The van der Waals surface area contributed by atoms with Crippen molar-refractivity contribution in [2.75, 3.05) is 0 Å². The molecule has 150 valence electrons. The summed E-state index contributed by atoms with van der Waals surface area (Å²) in [6.45, 7) is 7.56. The Hall–Kier alpha value is -3.42. The van der Waals surface area contributed by atoms with Gasteiger partial charge >= 0.3 is 0 Å². The molecule has 4 aromatic rings. The van der Waals surface area contributed by atoms with E-state index in [0.717, 1.165) is 17.0 Å². The maximum atomic E-state index is 13.1. The minimum absolute atomic E-state index is 0.0496. The fourth-order valence-electron chi connectivity index (χ4n) is 3.65. The molecule has 0 spiro atoms. The molecule has 4 heterocycles. The summed E-state index contributed by atoms with van der Waals surface area (Å²) in [5.41, 5.74) is 2.43. The van der Waals surface area contributed by atoms with E-state index >= 15 is 0 Å². The van der Waals surface area contributed by atoms with Crippen LogP contribution in [0.1, 0.15) is 44.3 Å². The lowest BCUT2D eigenvalue weighted by atomic mass is 10.2. The standard InChI is InChI=1S/C21H23N5O3/c1-12(2)26-17-9-13(3)29-20(17)15-10-23-25(21(28)19(15)26)11-18(27)24-14(4)16-7-5-6-8-22-16/h5-10,12,14H,11H2,1-4H3,(H,24,27)/t14-/m1/s1. The Balaban J connectivity index is 1.68.